The van der Waals surface area contributed by atoms with Crippen molar-refractivity contribution in [1.29, 1.82) is 0 Å². The van der Waals surface area contributed by atoms with Gasteiger partial charge in [-0.1, -0.05) is 37.1 Å². The largest absolute Gasteiger partial charge is 0.497 e. The molecule has 0 radical (unpaired) electrons. The van der Waals surface area contributed by atoms with Crippen molar-refractivity contribution in [3.05, 3.63) is 83.1 Å². The highest BCUT2D eigenvalue weighted by atomic mass is 16.5. The van der Waals surface area contributed by atoms with Crippen LogP contribution < -0.4 is 4.74 Å². The Morgan fingerprint density at radius 2 is 1.68 bits per heavy atom. The molecule has 2 aliphatic rings. The summed E-state index contributed by atoms with van der Waals surface area (Å²) in [5, 5.41) is 0. The van der Waals surface area contributed by atoms with E-state index in [1.807, 2.05) is 30.3 Å². The fourth-order valence-electron chi connectivity index (χ4n) is 4.19. The van der Waals surface area contributed by atoms with E-state index in [9.17, 15) is 4.79 Å². The molecule has 1 saturated heterocycles. The minimum absolute atomic E-state index is 0.0229. The van der Waals surface area contributed by atoms with E-state index in [1.54, 1.807) is 13.2 Å². The van der Waals surface area contributed by atoms with Crippen LogP contribution in [0.25, 0.3) is 5.57 Å². The van der Waals surface area contributed by atoms with Crippen LogP contribution in [0, 0.1) is 0 Å². The average Bonchev–Trinajstić information content (AvgIpc) is 2.90. The lowest BCUT2D eigenvalue weighted by molar-refractivity contribution is 0.104. The second-order valence-corrected chi connectivity index (χ2v) is 7.52. The van der Waals surface area contributed by atoms with Crippen LogP contribution in [0.5, 0.6) is 5.75 Å². The van der Waals surface area contributed by atoms with Gasteiger partial charge in [0, 0.05) is 36.3 Å². The number of carbonyl (C=O) groups excluding carboxylic acids is 1. The molecule has 2 aromatic carbocycles. The van der Waals surface area contributed by atoms with Crippen LogP contribution in [0.2, 0.25) is 0 Å². The number of fused-ring (bicyclic) bond motifs is 1. The van der Waals surface area contributed by atoms with Crippen LogP contribution in [0.4, 0.5) is 0 Å². The molecule has 3 nitrogen and oxygen atoms in total. The van der Waals surface area contributed by atoms with E-state index in [2.05, 4.69) is 29.2 Å². The van der Waals surface area contributed by atoms with Gasteiger partial charge in [0.15, 0.2) is 5.78 Å². The Bertz CT molecular complexity index is 900. The molecular formula is C25H27NO2. The number of likely N-dealkylation sites (tertiary alicyclic amines) is 1. The summed E-state index contributed by atoms with van der Waals surface area (Å²) in [6.45, 7) is 2.24. The van der Waals surface area contributed by atoms with Gasteiger partial charge in [-0.15, -0.1) is 0 Å². The minimum Gasteiger partial charge on any atom is -0.497 e. The maximum atomic E-state index is 12.7. The van der Waals surface area contributed by atoms with Gasteiger partial charge in [-0.25, -0.2) is 0 Å². The second-order valence-electron chi connectivity index (χ2n) is 7.52. The van der Waals surface area contributed by atoms with Gasteiger partial charge < -0.3 is 9.64 Å². The summed E-state index contributed by atoms with van der Waals surface area (Å²) in [5.74, 6) is 0.783. The van der Waals surface area contributed by atoms with E-state index < -0.39 is 0 Å². The Labute approximate surface area is 167 Å². The Morgan fingerprint density at radius 3 is 2.39 bits per heavy atom. The van der Waals surface area contributed by atoms with Crippen LogP contribution in [-0.4, -0.2) is 30.9 Å². The molecule has 1 fully saturated rings. The zero-order valence-corrected chi connectivity index (χ0v) is 16.5. The van der Waals surface area contributed by atoms with Gasteiger partial charge in [0.1, 0.15) is 5.75 Å². The number of allylic oxidation sites excluding steroid dienone is 4. The lowest BCUT2D eigenvalue weighted by Gasteiger charge is -2.25. The molecule has 0 amide bonds. The summed E-state index contributed by atoms with van der Waals surface area (Å²) in [5.41, 5.74) is 5.89. The molecule has 0 aromatic heterocycles. The Hall–Kier alpha value is -2.81. The van der Waals surface area contributed by atoms with Crippen LogP contribution >= 0.6 is 0 Å². The summed E-state index contributed by atoms with van der Waals surface area (Å²) in [6, 6.07) is 15.9. The number of benzene rings is 2. The number of nitrogens with zero attached hydrogens (tertiary/aromatic N) is 1. The fraction of sp³-hybridized carbons (Fsp3) is 0.320. The molecule has 3 heteroatoms. The van der Waals surface area contributed by atoms with Gasteiger partial charge in [-0.2, -0.15) is 0 Å². The molecule has 1 heterocycles. The molecule has 0 N–H and O–H groups in total. The third-order valence-electron chi connectivity index (χ3n) is 5.74. The molecule has 0 saturated carbocycles. The van der Waals surface area contributed by atoms with Crippen LogP contribution in [0.15, 0.2) is 66.4 Å². The Balaban J connectivity index is 1.63. The highest BCUT2D eigenvalue weighted by molar-refractivity contribution is 6.06. The quantitative estimate of drug-likeness (QED) is 0.528. The number of hydrogen-bond acceptors (Lipinski definition) is 3. The number of hydrogen-bond donors (Lipinski definition) is 0. The topological polar surface area (TPSA) is 29.5 Å². The van der Waals surface area contributed by atoms with E-state index in [4.69, 9.17) is 4.74 Å². The molecule has 144 valence electrons. The maximum Gasteiger partial charge on any atom is 0.185 e. The van der Waals surface area contributed by atoms with Gasteiger partial charge in [0.2, 0.25) is 0 Å². The molecule has 28 heavy (non-hydrogen) atoms. The van der Waals surface area contributed by atoms with Crippen molar-refractivity contribution in [1.82, 2.24) is 4.90 Å². The first-order valence-electron chi connectivity index (χ1n) is 10.2. The molecule has 4 rings (SSSR count). The van der Waals surface area contributed by atoms with Gasteiger partial charge in [-0.05, 0) is 60.4 Å². The van der Waals surface area contributed by atoms with Gasteiger partial charge >= 0.3 is 0 Å². The molecule has 0 bridgehead atoms. The van der Waals surface area contributed by atoms with Gasteiger partial charge in [-0.3, -0.25) is 4.79 Å². The molecule has 1 aliphatic heterocycles. The molecule has 0 atom stereocenters. The van der Waals surface area contributed by atoms with Crippen LogP contribution in [0.1, 0.15) is 47.2 Å². The standard InChI is InChI=1S/C25H27NO2/c1-28-21-12-10-19(11-13-21)25(27)15-14-23-22-9-5-4-8-20(22)18-24(23)26-16-6-2-3-7-17-26/h4-5,8-15H,2-3,6-7,16-18H2,1H3. The zero-order valence-electron chi connectivity index (χ0n) is 16.5. The lowest BCUT2D eigenvalue weighted by atomic mass is 10.0. The first-order valence-corrected chi connectivity index (χ1v) is 10.2. The van der Waals surface area contributed by atoms with Crippen molar-refractivity contribution in [2.24, 2.45) is 0 Å². The van der Waals surface area contributed by atoms with E-state index in [0.717, 1.165) is 25.3 Å². The van der Waals surface area contributed by atoms with E-state index in [-0.39, 0.29) is 5.78 Å². The molecule has 1 aliphatic carbocycles. The molecule has 0 unspecified atom stereocenters. The van der Waals surface area contributed by atoms with E-state index in [0.29, 0.717) is 5.56 Å². The van der Waals surface area contributed by atoms with Crippen molar-refractivity contribution in [2.45, 2.75) is 32.1 Å². The van der Waals surface area contributed by atoms with Crippen molar-refractivity contribution >= 4 is 11.4 Å². The molecule has 2 aromatic rings. The van der Waals surface area contributed by atoms with Crippen molar-refractivity contribution in [3.63, 3.8) is 0 Å². The summed E-state index contributed by atoms with van der Waals surface area (Å²) in [6.07, 6.45) is 9.85. The monoisotopic (exact) mass is 373 g/mol. The Morgan fingerprint density at radius 1 is 0.964 bits per heavy atom. The predicted molar refractivity (Wildman–Crippen MR) is 114 cm³/mol. The zero-order chi connectivity index (χ0) is 19.3. The first-order chi connectivity index (χ1) is 13.8. The Kier molecular flexibility index (Phi) is 5.61. The highest BCUT2D eigenvalue weighted by Gasteiger charge is 2.24. The van der Waals surface area contributed by atoms with Gasteiger partial charge in [0.25, 0.3) is 0 Å². The summed E-state index contributed by atoms with van der Waals surface area (Å²) < 4.78 is 5.18. The van der Waals surface area contributed by atoms with Crippen molar-refractivity contribution in [2.75, 3.05) is 20.2 Å². The summed E-state index contributed by atoms with van der Waals surface area (Å²) in [7, 11) is 1.63. The molecule has 0 spiro atoms. The number of methoxy groups -OCH3 is 1. The summed E-state index contributed by atoms with van der Waals surface area (Å²) in [4.78, 5) is 15.2. The van der Waals surface area contributed by atoms with E-state index in [1.165, 1.54) is 48.1 Å². The maximum absolute atomic E-state index is 12.7. The minimum atomic E-state index is 0.0229. The average molecular weight is 373 g/mol. The van der Waals surface area contributed by atoms with Crippen LogP contribution in [-0.2, 0) is 6.42 Å². The smallest absolute Gasteiger partial charge is 0.185 e. The normalized spacial score (nSPS) is 17.0. The summed E-state index contributed by atoms with van der Waals surface area (Å²) >= 11 is 0. The third-order valence-corrected chi connectivity index (χ3v) is 5.74. The molecular weight excluding hydrogens is 346 g/mol. The third kappa shape index (κ3) is 3.89. The number of ether oxygens (including phenoxy) is 1. The predicted octanol–water partition coefficient (Wildman–Crippen LogP) is 5.28. The fourth-order valence-corrected chi connectivity index (χ4v) is 4.19. The number of rotatable bonds is 5. The number of carbonyl (C=O) groups is 1. The SMILES string of the molecule is COc1ccc(C(=O)C=CC2=C(N3CCCCCC3)Cc3ccccc32)cc1. The van der Waals surface area contributed by atoms with Gasteiger partial charge in [0.05, 0.1) is 7.11 Å². The lowest BCUT2D eigenvalue weighted by Crippen LogP contribution is -2.24. The first kappa shape index (κ1) is 18.5. The second kappa shape index (κ2) is 8.47. The van der Waals surface area contributed by atoms with Crippen LogP contribution in [0.3, 0.4) is 0 Å². The highest BCUT2D eigenvalue weighted by Crippen LogP contribution is 2.36. The van der Waals surface area contributed by atoms with E-state index >= 15 is 0 Å². The van der Waals surface area contributed by atoms with Crippen molar-refractivity contribution in [3.8, 4) is 5.75 Å². The number of ketones is 1. The van der Waals surface area contributed by atoms with Crippen molar-refractivity contribution < 1.29 is 9.53 Å².